The average Bonchev–Trinajstić information content (AvgIpc) is 2.59. The van der Waals surface area contributed by atoms with Crippen LogP contribution in [0, 0.1) is 5.92 Å². The van der Waals surface area contributed by atoms with Crippen LogP contribution in [-0.4, -0.2) is 15.0 Å². The molecule has 0 aromatic heterocycles. The molecule has 3 nitrogen and oxygen atoms in total. The zero-order chi connectivity index (χ0) is 16.5. The third-order valence-corrected chi connectivity index (χ3v) is 5.39. The van der Waals surface area contributed by atoms with E-state index in [0.717, 1.165) is 25.7 Å². The summed E-state index contributed by atoms with van der Waals surface area (Å²) < 4.78 is 27.5. The Morgan fingerprint density at radius 1 is 0.957 bits per heavy atom. The van der Waals surface area contributed by atoms with Crippen LogP contribution in [0.4, 0.5) is 0 Å². The maximum Gasteiger partial charge on any atom is 0.240 e. The lowest BCUT2D eigenvalue weighted by atomic mass is 9.94. The molecule has 2 rings (SSSR count). The van der Waals surface area contributed by atoms with Crippen LogP contribution in [0.15, 0.2) is 65.6 Å². The van der Waals surface area contributed by atoms with E-state index in [1.54, 1.807) is 24.3 Å². The molecule has 0 fully saturated rings. The summed E-state index contributed by atoms with van der Waals surface area (Å²) >= 11 is 0. The van der Waals surface area contributed by atoms with Crippen molar-refractivity contribution in [3.05, 3.63) is 66.2 Å². The van der Waals surface area contributed by atoms with Crippen molar-refractivity contribution in [2.24, 2.45) is 5.92 Å². The first kappa shape index (κ1) is 17.7. The fraction of sp³-hybridized carbons (Fsp3) is 0.368. The van der Waals surface area contributed by atoms with Gasteiger partial charge in [-0.3, -0.25) is 0 Å². The summed E-state index contributed by atoms with van der Waals surface area (Å²) in [4.78, 5) is 0.328. The van der Waals surface area contributed by atoms with Gasteiger partial charge in [0.1, 0.15) is 0 Å². The minimum Gasteiger partial charge on any atom is -0.211 e. The van der Waals surface area contributed by atoms with Gasteiger partial charge in [0.2, 0.25) is 10.0 Å². The predicted octanol–water partition coefficient (Wildman–Crippen LogP) is 4.01. The molecule has 0 saturated carbocycles. The topological polar surface area (TPSA) is 46.2 Å². The second kappa shape index (κ2) is 8.85. The Balaban J connectivity index is 2.00. The Morgan fingerprint density at radius 2 is 1.57 bits per heavy atom. The fourth-order valence-electron chi connectivity index (χ4n) is 2.63. The normalized spacial score (nSPS) is 12.9. The molecule has 0 bridgehead atoms. The maximum atomic E-state index is 12.4. The molecule has 23 heavy (non-hydrogen) atoms. The number of hydrogen-bond acceptors (Lipinski definition) is 2. The summed E-state index contributed by atoms with van der Waals surface area (Å²) in [6.45, 7) is 2.64. The molecule has 124 valence electrons. The molecule has 0 heterocycles. The summed E-state index contributed by atoms with van der Waals surface area (Å²) in [5.74, 6) is 0.316. The van der Waals surface area contributed by atoms with Crippen LogP contribution < -0.4 is 4.72 Å². The molecular weight excluding hydrogens is 306 g/mol. The molecule has 0 aliphatic heterocycles. The number of rotatable bonds is 9. The van der Waals surface area contributed by atoms with Crippen molar-refractivity contribution < 1.29 is 8.42 Å². The lowest BCUT2D eigenvalue weighted by Crippen LogP contribution is -2.30. The van der Waals surface area contributed by atoms with Crippen molar-refractivity contribution in [3.8, 4) is 0 Å². The van der Waals surface area contributed by atoms with Crippen molar-refractivity contribution in [2.75, 3.05) is 6.54 Å². The van der Waals surface area contributed by atoms with Gasteiger partial charge < -0.3 is 0 Å². The summed E-state index contributed by atoms with van der Waals surface area (Å²) in [6, 6.07) is 18.8. The van der Waals surface area contributed by atoms with E-state index in [9.17, 15) is 8.42 Å². The first-order chi connectivity index (χ1) is 11.1. The van der Waals surface area contributed by atoms with Gasteiger partial charge in [-0.25, -0.2) is 13.1 Å². The average molecular weight is 331 g/mol. The molecule has 2 aromatic carbocycles. The first-order valence-corrected chi connectivity index (χ1v) is 9.69. The number of nitrogens with one attached hydrogen (secondary N) is 1. The molecular formula is C19H25NO2S. The van der Waals surface area contributed by atoms with Crippen molar-refractivity contribution in [3.63, 3.8) is 0 Å². The van der Waals surface area contributed by atoms with E-state index in [4.69, 9.17) is 0 Å². The first-order valence-electron chi connectivity index (χ1n) is 8.20. The van der Waals surface area contributed by atoms with Gasteiger partial charge in [0, 0.05) is 6.54 Å². The van der Waals surface area contributed by atoms with Crippen LogP contribution in [0.3, 0.4) is 0 Å². The zero-order valence-corrected chi connectivity index (χ0v) is 14.4. The van der Waals surface area contributed by atoms with E-state index in [0.29, 0.717) is 17.4 Å². The molecule has 0 saturated heterocycles. The van der Waals surface area contributed by atoms with Crippen molar-refractivity contribution in [1.82, 2.24) is 4.72 Å². The fourth-order valence-corrected chi connectivity index (χ4v) is 3.76. The standard InChI is InChI=1S/C19H25NO2S/c1-2-3-10-18(15-17-11-6-4-7-12-17)16-20-23(21,22)19-13-8-5-9-14-19/h4-9,11-14,18,20H,2-3,10,15-16H2,1H3. The van der Waals surface area contributed by atoms with Crippen molar-refractivity contribution >= 4 is 10.0 Å². The van der Waals surface area contributed by atoms with Gasteiger partial charge in [-0.15, -0.1) is 0 Å². The molecule has 4 heteroatoms. The second-order valence-electron chi connectivity index (χ2n) is 5.86. The molecule has 0 radical (unpaired) electrons. The monoisotopic (exact) mass is 331 g/mol. The molecule has 0 amide bonds. The summed E-state index contributed by atoms with van der Waals surface area (Å²) in [6.07, 6.45) is 4.17. The molecule has 0 aliphatic carbocycles. The van der Waals surface area contributed by atoms with Gasteiger partial charge in [0.25, 0.3) is 0 Å². The highest BCUT2D eigenvalue weighted by molar-refractivity contribution is 7.89. The third kappa shape index (κ3) is 5.81. The van der Waals surface area contributed by atoms with Crippen LogP contribution in [-0.2, 0) is 16.4 Å². The zero-order valence-electron chi connectivity index (χ0n) is 13.6. The lowest BCUT2D eigenvalue weighted by Gasteiger charge is -2.18. The highest BCUT2D eigenvalue weighted by Gasteiger charge is 2.16. The van der Waals surface area contributed by atoms with Gasteiger partial charge in [0.15, 0.2) is 0 Å². The molecule has 0 spiro atoms. The molecule has 1 atom stereocenters. The predicted molar refractivity (Wildman–Crippen MR) is 94.8 cm³/mol. The maximum absolute atomic E-state index is 12.4. The van der Waals surface area contributed by atoms with Gasteiger partial charge in [0.05, 0.1) is 4.90 Å². The van der Waals surface area contributed by atoms with Gasteiger partial charge in [-0.05, 0) is 36.5 Å². The second-order valence-corrected chi connectivity index (χ2v) is 7.63. The number of sulfonamides is 1. The van der Waals surface area contributed by atoms with Gasteiger partial charge in [-0.1, -0.05) is 68.3 Å². The van der Waals surface area contributed by atoms with E-state index in [1.165, 1.54) is 5.56 Å². The number of unbranched alkanes of at least 4 members (excludes halogenated alkanes) is 1. The molecule has 1 N–H and O–H groups in total. The Morgan fingerprint density at radius 3 is 2.17 bits per heavy atom. The quantitative estimate of drug-likeness (QED) is 0.754. The number of benzene rings is 2. The Bertz CT molecular complexity index is 669. The van der Waals surface area contributed by atoms with E-state index >= 15 is 0 Å². The number of hydrogen-bond donors (Lipinski definition) is 1. The smallest absolute Gasteiger partial charge is 0.211 e. The van der Waals surface area contributed by atoms with E-state index in [-0.39, 0.29) is 0 Å². The van der Waals surface area contributed by atoms with E-state index < -0.39 is 10.0 Å². The van der Waals surface area contributed by atoms with Gasteiger partial charge >= 0.3 is 0 Å². The third-order valence-electron chi connectivity index (χ3n) is 3.95. The van der Waals surface area contributed by atoms with Crippen molar-refractivity contribution in [1.29, 1.82) is 0 Å². The van der Waals surface area contributed by atoms with Crippen LogP contribution in [0.2, 0.25) is 0 Å². The summed E-state index contributed by atoms with van der Waals surface area (Å²) in [5.41, 5.74) is 1.26. The minimum absolute atomic E-state index is 0.316. The SMILES string of the molecule is CCCCC(CNS(=O)(=O)c1ccccc1)Cc1ccccc1. The highest BCUT2D eigenvalue weighted by Crippen LogP contribution is 2.16. The van der Waals surface area contributed by atoms with Crippen LogP contribution in [0.25, 0.3) is 0 Å². The summed E-state index contributed by atoms with van der Waals surface area (Å²) in [5, 5.41) is 0. The van der Waals surface area contributed by atoms with E-state index in [1.807, 2.05) is 24.3 Å². The van der Waals surface area contributed by atoms with Crippen LogP contribution in [0.1, 0.15) is 31.7 Å². The molecule has 1 unspecified atom stereocenters. The molecule has 2 aromatic rings. The van der Waals surface area contributed by atoms with Crippen LogP contribution >= 0.6 is 0 Å². The minimum atomic E-state index is -3.42. The Hall–Kier alpha value is -1.65. The largest absolute Gasteiger partial charge is 0.240 e. The lowest BCUT2D eigenvalue weighted by molar-refractivity contribution is 0.453. The summed E-state index contributed by atoms with van der Waals surface area (Å²) in [7, 11) is -3.42. The molecule has 0 aliphatic rings. The Kier molecular flexibility index (Phi) is 6.81. The van der Waals surface area contributed by atoms with Gasteiger partial charge in [-0.2, -0.15) is 0 Å². The van der Waals surface area contributed by atoms with E-state index in [2.05, 4.69) is 23.8 Å². The Labute approximate surface area is 139 Å². The highest BCUT2D eigenvalue weighted by atomic mass is 32.2. The van der Waals surface area contributed by atoms with Crippen molar-refractivity contribution in [2.45, 2.75) is 37.5 Å². The van der Waals surface area contributed by atoms with Crippen LogP contribution in [0.5, 0.6) is 0 Å².